The second kappa shape index (κ2) is 11.2. The molecule has 1 aliphatic heterocycles. The SMILES string of the molecule is CCOC(=O)c1cc(NC(=O)c2ccc(-c3ccc(Cl)cc3)o2)ccc1N1CCOCC1.Cl. The third-order valence-electron chi connectivity index (χ3n) is 5.06. The number of carbonyl (C=O) groups is 2. The molecular weight excluding hydrogens is 467 g/mol. The van der Waals surface area contributed by atoms with Crippen LogP contribution in [0.25, 0.3) is 11.3 Å². The Morgan fingerprint density at radius 3 is 2.48 bits per heavy atom. The van der Waals surface area contributed by atoms with Crippen LogP contribution in [0, 0.1) is 0 Å². The zero-order chi connectivity index (χ0) is 22.5. The van der Waals surface area contributed by atoms with E-state index in [0.717, 1.165) is 11.3 Å². The van der Waals surface area contributed by atoms with Crippen molar-refractivity contribution in [3.05, 3.63) is 70.9 Å². The molecule has 3 aromatic rings. The molecule has 0 radical (unpaired) electrons. The summed E-state index contributed by atoms with van der Waals surface area (Å²) in [7, 11) is 0. The molecule has 0 aliphatic carbocycles. The number of morpholine rings is 1. The highest BCUT2D eigenvalue weighted by Gasteiger charge is 2.21. The van der Waals surface area contributed by atoms with Crippen molar-refractivity contribution in [3.8, 4) is 11.3 Å². The highest BCUT2D eigenvalue weighted by Crippen LogP contribution is 2.28. The van der Waals surface area contributed by atoms with Crippen LogP contribution in [0.1, 0.15) is 27.8 Å². The van der Waals surface area contributed by atoms with Gasteiger partial charge in [0.1, 0.15) is 5.76 Å². The van der Waals surface area contributed by atoms with E-state index in [-0.39, 0.29) is 24.8 Å². The topological polar surface area (TPSA) is 81.0 Å². The number of esters is 1. The van der Waals surface area contributed by atoms with Gasteiger partial charge < -0.3 is 24.1 Å². The minimum Gasteiger partial charge on any atom is -0.462 e. The van der Waals surface area contributed by atoms with E-state index in [1.807, 2.05) is 18.2 Å². The minimum absolute atomic E-state index is 0. The van der Waals surface area contributed by atoms with Crippen LogP contribution < -0.4 is 10.2 Å². The summed E-state index contributed by atoms with van der Waals surface area (Å²) in [4.78, 5) is 27.4. The smallest absolute Gasteiger partial charge is 0.340 e. The van der Waals surface area contributed by atoms with Gasteiger partial charge in [0.2, 0.25) is 0 Å². The van der Waals surface area contributed by atoms with E-state index < -0.39 is 11.9 Å². The van der Waals surface area contributed by atoms with E-state index in [4.69, 9.17) is 25.5 Å². The maximum absolute atomic E-state index is 12.7. The van der Waals surface area contributed by atoms with Crippen LogP contribution in [0.2, 0.25) is 5.02 Å². The van der Waals surface area contributed by atoms with Crippen molar-refractivity contribution in [2.24, 2.45) is 0 Å². The lowest BCUT2D eigenvalue weighted by Crippen LogP contribution is -2.37. The normalized spacial score (nSPS) is 13.2. The molecule has 2 aromatic carbocycles. The van der Waals surface area contributed by atoms with Crippen LogP contribution in [0.5, 0.6) is 0 Å². The average Bonchev–Trinajstić information content (AvgIpc) is 3.31. The fourth-order valence-electron chi connectivity index (χ4n) is 3.49. The molecule has 1 aromatic heterocycles. The van der Waals surface area contributed by atoms with Crippen LogP contribution >= 0.6 is 24.0 Å². The number of anilines is 2. The quantitative estimate of drug-likeness (QED) is 0.472. The van der Waals surface area contributed by atoms with Gasteiger partial charge in [0.15, 0.2) is 5.76 Å². The molecule has 1 amide bonds. The van der Waals surface area contributed by atoms with Crippen molar-refractivity contribution in [2.45, 2.75) is 6.92 Å². The second-order valence-electron chi connectivity index (χ2n) is 7.18. The van der Waals surface area contributed by atoms with Crippen LogP contribution in [0.3, 0.4) is 0 Å². The minimum atomic E-state index is -0.437. The zero-order valence-corrected chi connectivity index (χ0v) is 19.6. The Labute approximate surface area is 203 Å². The summed E-state index contributed by atoms with van der Waals surface area (Å²) >= 11 is 5.92. The van der Waals surface area contributed by atoms with E-state index in [1.165, 1.54) is 0 Å². The molecule has 0 bridgehead atoms. The third kappa shape index (κ3) is 5.87. The number of rotatable bonds is 6. The van der Waals surface area contributed by atoms with Gasteiger partial charge in [-0.15, -0.1) is 12.4 Å². The van der Waals surface area contributed by atoms with Crippen LogP contribution in [-0.2, 0) is 9.47 Å². The standard InChI is InChI=1S/C24H23ClN2O5.ClH/c1-2-31-24(29)19-15-18(7-8-20(19)27-11-13-30-14-12-27)26-23(28)22-10-9-21(32-22)16-3-5-17(25)6-4-16;/h3-10,15H,2,11-14H2,1H3,(H,26,28);1H. The van der Waals surface area contributed by atoms with Gasteiger partial charge in [-0.2, -0.15) is 0 Å². The number of ether oxygens (including phenoxy) is 2. The zero-order valence-electron chi connectivity index (χ0n) is 18.0. The molecule has 1 saturated heterocycles. The maximum Gasteiger partial charge on any atom is 0.340 e. The van der Waals surface area contributed by atoms with E-state index in [2.05, 4.69) is 10.2 Å². The molecule has 1 aliphatic rings. The number of nitrogens with zero attached hydrogens (tertiary/aromatic N) is 1. The molecule has 0 saturated carbocycles. The Kier molecular flexibility index (Phi) is 8.38. The van der Waals surface area contributed by atoms with Crippen molar-refractivity contribution in [2.75, 3.05) is 43.1 Å². The molecule has 0 atom stereocenters. The van der Waals surface area contributed by atoms with Crippen molar-refractivity contribution >= 4 is 47.3 Å². The Balaban J connectivity index is 0.00000306. The molecular formula is C24H24Cl2N2O5. The molecule has 0 unspecified atom stereocenters. The van der Waals surface area contributed by atoms with Gasteiger partial charge in [-0.3, -0.25) is 4.79 Å². The first-order valence-corrected chi connectivity index (χ1v) is 10.7. The molecule has 4 rings (SSSR count). The Hall–Kier alpha value is -3.00. The first-order chi connectivity index (χ1) is 15.5. The van der Waals surface area contributed by atoms with E-state index in [9.17, 15) is 9.59 Å². The van der Waals surface area contributed by atoms with Crippen molar-refractivity contribution < 1.29 is 23.5 Å². The largest absolute Gasteiger partial charge is 0.462 e. The lowest BCUT2D eigenvalue weighted by Gasteiger charge is -2.30. The monoisotopic (exact) mass is 490 g/mol. The summed E-state index contributed by atoms with van der Waals surface area (Å²) in [6.45, 7) is 4.56. The molecule has 1 N–H and O–H groups in total. The Morgan fingerprint density at radius 1 is 1.06 bits per heavy atom. The molecule has 0 spiro atoms. The average molecular weight is 491 g/mol. The molecule has 2 heterocycles. The summed E-state index contributed by atoms with van der Waals surface area (Å²) < 4.78 is 16.3. The van der Waals surface area contributed by atoms with Crippen molar-refractivity contribution in [3.63, 3.8) is 0 Å². The van der Waals surface area contributed by atoms with E-state index in [0.29, 0.717) is 48.3 Å². The lowest BCUT2D eigenvalue weighted by atomic mass is 10.1. The van der Waals surface area contributed by atoms with E-state index in [1.54, 1.807) is 43.3 Å². The van der Waals surface area contributed by atoms with Crippen LogP contribution in [0.4, 0.5) is 11.4 Å². The first kappa shape index (κ1) is 24.6. The number of halogens is 2. The molecule has 33 heavy (non-hydrogen) atoms. The van der Waals surface area contributed by atoms with Gasteiger partial charge in [0.05, 0.1) is 31.1 Å². The van der Waals surface area contributed by atoms with Crippen molar-refractivity contribution in [1.82, 2.24) is 0 Å². The van der Waals surface area contributed by atoms with Crippen molar-refractivity contribution in [1.29, 1.82) is 0 Å². The number of amides is 1. The number of furan rings is 1. The van der Waals surface area contributed by atoms with Gasteiger partial charge in [-0.25, -0.2) is 4.79 Å². The Morgan fingerprint density at radius 2 is 1.79 bits per heavy atom. The summed E-state index contributed by atoms with van der Waals surface area (Å²) in [5.41, 5.74) is 2.44. The summed E-state index contributed by atoms with van der Waals surface area (Å²) in [6.07, 6.45) is 0. The summed E-state index contributed by atoms with van der Waals surface area (Å²) in [5.74, 6) is -0.140. The number of hydrogen-bond donors (Lipinski definition) is 1. The maximum atomic E-state index is 12.7. The van der Waals surface area contributed by atoms with Gasteiger partial charge in [0, 0.05) is 29.4 Å². The lowest BCUT2D eigenvalue weighted by molar-refractivity contribution is 0.0526. The molecule has 9 heteroatoms. The predicted octanol–water partition coefficient (Wildman–Crippen LogP) is 5.29. The highest BCUT2D eigenvalue weighted by atomic mass is 35.5. The van der Waals surface area contributed by atoms with Gasteiger partial charge in [-0.05, 0) is 61.5 Å². The highest BCUT2D eigenvalue weighted by molar-refractivity contribution is 6.30. The summed E-state index contributed by atoms with van der Waals surface area (Å²) in [5, 5.41) is 3.42. The summed E-state index contributed by atoms with van der Waals surface area (Å²) in [6, 6.07) is 15.7. The van der Waals surface area contributed by atoms with Gasteiger partial charge >= 0.3 is 5.97 Å². The Bertz CT molecular complexity index is 1110. The number of hydrogen-bond acceptors (Lipinski definition) is 6. The molecule has 1 fully saturated rings. The molecule has 7 nitrogen and oxygen atoms in total. The molecule has 174 valence electrons. The first-order valence-electron chi connectivity index (χ1n) is 10.4. The second-order valence-corrected chi connectivity index (χ2v) is 7.61. The number of benzene rings is 2. The third-order valence-corrected chi connectivity index (χ3v) is 5.31. The van der Waals surface area contributed by atoms with Gasteiger partial charge in [-0.1, -0.05) is 11.6 Å². The van der Waals surface area contributed by atoms with Gasteiger partial charge in [0.25, 0.3) is 5.91 Å². The fraction of sp³-hybridized carbons (Fsp3) is 0.250. The predicted molar refractivity (Wildman–Crippen MR) is 130 cm³/mol. The number of nitrogens with one attached hydrogen (secondary N) is 1. The van der Waals surface area contributed by atoms with Crippen LogP contribution in [-0.4, -0.2) is 44.8 Å². The van der Waals surface area contributed by atoms with E-state index >= 15 is 0 Å². The fourth-order valence-corrected chi connectivity index (χ4v) is 3.61. The van der Waals surface area contributed by atoms with Crippen LogP contribution in [0.15, 0.2) is 59.0 Å². The number of carbonyl (C=O) groups excluding carboxylic acids is 2.